The Morgan fingerprint density at radius 3 is 2.71 bits per heavy atom. The zero-order valence-electron chi connectivity index (χ0n) is 12.1. The molecule has 0 atom stereocenters. The van der Waals surface area contributed by atoms with Crippen LogP contribution in [0, 0.1) is 6.92 Å². The molecule has 0 aliphatic heterocycles. The topological polar surface area (TPSA) is 55.4 Å². The van der Waals surface area contributed by atoms with E-state index in [1.54, 1.807) is 6.07 Å². The van der Waals surface area contributed by atoms with Crippen LogP contribution in [0.1, 0.15) is 17.4 Å². The minimum atomic E-state index is -3.42. The van der Waals surface area contributed by atoms with Crippen molar-refractivity contribution in [2.45, 2.75) is 24.5 Å². The zero-order chi connectivity index (χ0) is 15.3. The Morgan fingerprint density at radius 1 is 1.24 bits per heavy atom. The monoisotopic (exact) mass is 325 g/mol. The lowest BCUT2D eigenvalue weighted by Crippen LogP contribution is -2.27. The van der Waals surface area contributed by atoms with Gasteiger partial charge in [-0.1, -0.05) is 19.1 Å². The fraction of sp³-hybridized carbons (Fsp3) is 0.333. The number of sulfonamides is 1. The van der Waals surface area contributed by atoms with Gasteiger partial charge in [-0.2, -0.15) is 0 Å². The Labute approximate surface area is 129 Å². The lowest BCUT2D eigenvalue weighted by Gasteiger charge is -2.08. The van der Waals surface area contributed by atoms with E-state index in [1.165, 1.54) is 11.3 Å². The van der Waals surface area contributed by atoms with Crippen LogP contribution in [0.4, 0.5) is 0 Å². The molecular weight excluding hydrogens is 306 g/mol. The van der Waals surface area contributed by atoms with Crippen molar-refractivity contribution in [3.05, 3.63) is 46.8 Å². The highest BCUT2D eigenvalue weighted by molar-refractivity contribution is 7.91. The smallest absolute Gasteiger partial charge is 0.250 e. The molecule has 0 radical (unpaired) electrons. The maximum absolute atomic E-state index is 12.1. The fourth-order valence-electron chi connectivity index (χ4n) is 1.81. The van der Waals surface area contributed by atoms with Crippen LogP contribution in [-0.2, 0) is 16.4 Å². The van der Waals surface area contributed by atoms with E-state index >= 15 is 0 Å². The highest BCUT2D eigenvalue weighted by Crippen LogP contribution is 2.21. The minimum Gasteiger partial charge on any atom is -0.492 e. The standard InChI is InChI=1S/C15H19NO3S2/c1-3-14-7-8-15(20-14)21(17,18)16-9-10-19-13-6-4-5-12(2)11-13/h4-8,11,16H,3,9-10H2,1-2H3. The van der Waals surface area contributed by atoms with E-state index in [0.29, 0.717) is 10.8 Å². The van der Waals surface area contributed by atoms with Gasteiger partial charge in [0.15, 0.2) is 0 Å². The van der Waals surface area contributed by atoms with Gasteiger partial charge in [0.05, 0.1) is 0 Å². The lowest BCUT2D eigenvalue weighted by atomic mass is 10.2. The maximum Gasteiger partial charge on any atom is 0.250 e. The molecular formula is C15H19NO3S2. The molecule has 0 saturated heterocycles. The molecule has 0 amide bonds. The number of benzene rings is 1. The molecule has 0 unspecified atom stereocenters. The molecule has 2 aromatic rings. The van der Waals surface area contributed by atoms with E-state index in [9.17, 15) is 8.42 Å². The third kappa shape index (κ3) is 4.56. The van der Waals surface area contributed by atoms with E-state index < -0.39 is 10.0 Å². The summed E-state index contributed by atoms with van der Waals surface area (Å²) in [6.07, 6.45) is 0.844. The van der Waals surface area contributed by atoms with Crippen molar-refractivity contribution < 1.29 is 13.2 Å². The second kappa shape index (κ2) is 7.06. The van der Waals surface area contributed by atoms with Crippen LogP contribution < -0.4 is 9.46 Å². The summed E-state index contributed by atoms with van der Waals surface area (Å²) in [6, 6.07) is 11.2. The van der Waals surface area contributed by atoms with Crippen LogP contribution in [0.25, 0.3) is 0 Å². The number of ether oxygens (including phenoxy) is 1. The molecule has 1 aromatic carbocycles. The van der Waals surface area contributed by atoms with E-state index in [4.69, 9.17) is 4.74 Å². The third-order valence-corrected chi connectivity index (χ3v) is 6.09. The van der Waals surface area contributed by atoms with Crippen LogP contribution >= 0.6 is 11.3 Å². The molecule has 6 heteroatoms. The quantitative estimate of drug-likeness (QED) is 0.796. The third-order valence-electron chi connectivity index (χ3n) is 2.90. The molecule has 0 saturated carbocycles. The first-order valence-electron chi connectivity index (χ1n) is 6.79. The van der Waals surface area contributed by atoms with E-state index in [2.05, 4.69) is 4.72 Å². The van der Waals surface area contributed by atoms with E-state index in [-0.39, 0.29) is 6.54 Å². The molecule has 0 spiro atoms. The largest absolute Gasteiger partial charge is 0.492 e. The second-order valence-electron chi connectivity index (χ2n) is 4.64. The van der Waals surface area contributed by atoms with Crippen LogP contribution in [0.2, 0.25) is 0 Å². The number of rotatable bonds is 7. The molecule has 0 aliphatic carbocycles. The summed E-state index contributed by atoms with van der Waals surface area (Å²) in [4.78, 5) is 1.06. The molecule has 0 fully saturated rings. The second-order valence-corrected chi connectivity index (χ2v) is 7.80. The number of aryl methyl sites for hydroxylation is 2. The molecule has 114 valence electrons. The summed E-state index contributed by atoms with van der Waals surface area (Å²) in [5.41, 5.74) is 1.11. The van der Waals surface area contributed by atoms with Crippen molar-refractivity contribution >= 4 is 21.4 Å². The van der Waals surface area contributed by atoms with E-state index in [0.717, 1.165) is 22.6 Å². The summed E-state index contributed by atoms with van der Waals surface area (Å²) in [5.74, 6) is 0.749. The first-order chi connectivity index (χ1) is 10.0. The number of nitrogens with one attached hydrogen (secondary N) is 1. The van der Waals surface area contributed by atoms with E-state index in [1.807, 2.05) is 44.2 Å². The molecule has 1 N–H and O–H groups in total. The van der Waals surface area contributed by atoms with Gasteiger partial charge in [0.1, 0.15) is 16.6 Å². The van der Waals surface area contributed by atoms with Gasteiger partial charge < -0.3 is 4.74 Å². The fourth-order valence-corrected chi connectivity index (χ4v) is 4.17. The van der Waals surface area contributed by atoms with Crippen molar-refractivity contribution in [1.29, 1.82) is 0 Å². The Bertz CT molecular complexity index is 692. The molecule has 0 aliphatic rings. The molecule has 1 heterocycles. The molecule has 0 bridgehead atoms. The Hall–Kier alpha value is -1.37. The molecule has 1 aromatic heterocycles. The average Bonchev–Trinajstić information content (AvgIpc) is 2.93. The summed E-state index contributed by atoms with van der Waals surface area (Å²) in [6.45, 7) is 4.54. The predicted molar refractivity (Wildman–Crippen MR) is 85.6 cm³/mol. The highest BCUT2D eigenvalue weighted by Gasteiger charge is 2.15. The highest BCUT2D eigenvalue weighted by atomic mass is 32.2. The number of thiophene rings is 1. The van der Waals surface area contributed by atoms with Crippen LogP contribution in [0.5, 0.6) is 5.75 Å². The van der Waals surface area contributed by atoms with Crippen molar-refractivity contribution in [3.8, 4) is 5.75 Å². The van der Waals surface area contributed by atoms with Gasteiger partial charge in [0.2, 0.25) is 10.0 Å². The van der Waals surface area contributed by atoms with Crippen molar-refractivity contribution in [2.24, 2.45) is 0 Å². The summed E-state index contributed by atoms with van der Waals surface area (Å²) in [7, 11) is -3.42. The first kappa shape index (κ1) is 16.0. The van der Waals surface area contributed by atoms with Crippen molar-refractivity contribution in [3.63, 3.8) is 0 Å². The SMILES string of the molecule is CCc1ccc(S(=O)(=O)NCCOc2cccc(C)c2)s1. The van der Waals surface area contributed by atoms with Gasteiger partial charge in [-0.25, -0.2) is 13.1 Å². The summed E-state index contributed by atoms with van der Waals surface area (Å²) in [5, 5.41) is 0. The average molecular weight is 325 g/mol. The molecule has 2 rings (SSSR count). The predicted octanol–water partition coefficient (Wildman–Crippen LogP) is 2.98. The molecule has 4 nitrogen and oxygen atoms in total. The molecule has 21 heavy (non-hydrogen) atoms. The number of hydrogen-bond acceptors (Lipinski definition) is 4. The first-order valence-corrected chi connectivity index (χ1v) is 9.09. The summed E-state index contributed by atoms with van der Waals surface area (Å²) >= 11 is 1.30. The lowest BCUT2D eigenvalue weighted by molar-refractivity contribution is 0.322. The van der Waals surface area contributed by atoms with Crippen LogP contribution in [-0.4, -0.2) is 21.6 Å². The van der Waals surface area contributed by atoms with Crippen molar-refractivity contribution in [1.82, 2.24) is 4.72 Å². The zero-order valence-corrected chi connectivity index (χ0v) is 13.8. The van der Waals surface area contributed by atoms with Gasteiger partial charge in [-0.05, 0) is 43.2 Å². The van der Waals surface area contributed by atoms with Gasteiger partial charge in [-0.15, -0.1) is 11.3 Å². The van der Waals surface area contributed by atoms with Gasteiger partial charge in [-0.3, -0.25) is 0 Å². The summed E-state index contributed by atoms with van der Waals surface area (Å²) < 4.78 is 32.6. The normalized spacial score (nSPS) is 11.5. The Balaban J connectivity index is 1.85. The van der Waals surface area contributed by atoms with Gasteiger partial charge in [0.25, 0.3) is 0 Å². The van der Waals surface area contributed by atoms with Gasteiger partial charge in [0, 0.05) is 11.4 Å². The minimum absolute atomic E-state index is 0.246. The van der Waals surface area contributed by atoms with Crippen LogP contribution in [0.3, 0.4) is 0 Å². The van der Waals surface area contributed by atoms with Crippen molar-refractivity contribution in [2.75, 3.05) is 13.2 Å². The maximum atomic E-state index is 12.1. The van der Waals surface area contributed by atoms with Crippen LogP contribution in [0.15, 0.2) is 40.6 Å². The number of hydrogen-bond donors (Lipinski definition) is 1. The van der Waals surface area contributed by atoms with Gasteiger partial charge >= 0.3 is 0 Å². The Kier molecular flexibility index (Phi) is 5.39. The Morgan fingerprint density at radius 2 is 2.05 bits per heavy atom.